The van der Waals surface area contributed by atoms with Crippen LogP contribution in [0.15, 0.2) is 21.9 Å². The van der Waals surface area contributed by atoms with Crippen LogP contribution in [-0.4, -0.2) is 33.8 Å². The molecule has 2 aromatic heterocycles. The summed E-state index contributed by atoms with van der Waals surface area (Å²) in [5, 5.41) is 20.6. The Morgan fingerprint density at radius 1 is 1.50 bits per heavy atom. The van der Waals surface area contributed by atoms with Gasteiger partial charge in [-0.15, -0.1) is 21.5 Å². The van der Waals surface area contributed by atoms with Gasteiger partial charge in [0, 0.05) is 10.6 Å². The summed E-state index contributed by atoms with van der Waals surface area (Å²) in [6.07, 6.45) is -0.473. The zero-order valence-corrected chi connectivity index (χ0v) is 12.4. The number of aryl methyl sites for hydroxylation is 1. The molecular formula is C11H14N2O2S3. The molecule has 0 aliphatic rings. The number of aliphatic hydroxyl groups excluding tert-OH is 1. The highest BCUT2D eigenvalue weighted by atomic mass is 32.2. The van der Waals surface area contributed by atoms with Gasteiger partial charge in [0.25, 0.3) is 0 Å². The fourth-order valence-corrected chi connectivity index (χ4v) is 3.63. The van der Waals surface area contributed by atoms with Gasteiger partial charge in [-0.2, -0.15) is 0 Å². The lowest BCUT2D eigenvalue weighted by Gasteiger charge is -2.09. The molecule has 0 bridgehead atoms. The largest absolute Gasteiger partial charge is 0.390 e. The maximum atomic E-state index is 9.76. The van der Waals surface area contributed by atoms with Gasteiger partial charge in [-0.3, -0.25) is 0 Å². The third-order valence-electron chi connectivity index (χ3n) is 2.04. The summed E-state index contributed by atoms with van der Waals surface area (Å²) in [5.41, 5.74) is 0. The first kappa shape index (κ1) is 14.0. The molecule has 4 nitrogen and oxygen atoms in total. The fourth-order valence-electron chi connectivity index (χ4n) is 1.24. The highest BCUT2D eigenvalue weighted by molar-refractivity contribution is 8.01. The van der Waals surface area contributed by atoms with E-state index in [1.54, 1.807) is 22.7 Å². The lowest BCUT2D eigenvalue weighted by atomic mass is 10.4. The van der Waals surface area contributed by atoms with Gasteiger partial charge in [0.15, 0.2) is 4.34 Å². The first-order valence-corrected chi connectivity index (χ1v) is 8.13. The molecule has 7 heteroatoms. The average Bonchev–Trinajstić information content (AvgIpc) is 2.98. The van der Waals surface area contributed by atoms with Crippen LogP contribution in [0.3, 0.4) is 0 Å². The van der Waals surface area contributed by atoms with Crippen molar-refractivity contribution in [2.45, 2.75) is 24.0 Å². The first-order chi connectivity index (χ1) is 8.74. The standard InChI is InChI=1S/C11H14N2O2S3/c1-8-12-13-11(18-8)17-7-9(14)5-15-6-10-3-2-4-16-10/h2-4,9,14H,5-7H2,1H3. The lowest BCUT2D eigenvalue weighted by Crippen LogP contribution is -2.17. The minimum atomic E-state index is -0.473. The molecule has 0 saturated carbocycles. The Hall–Kier alpha value is -0.470. The number of hydrogen-bond acceptors (Lipinski definition) is 7. The molecular weight excluding hydrogens is 288 g/mol. The van der Waals surface area contributed by atoms with Crippen LogP contribution >= 0.6 is 34.4 Å². The Morgan fingerprint density at radius 2 is 2.39 bits per heavy atom. The molecule has 2 rings (SSSR count). The Balaban J connectivity index is 1.61. The summed E-state index contributed by atoms with van der Waals surface area (Å²) in [5.74, 6) is 0.582. The number of rotatable bonds is 7. The second-order valence-electron chi connectivity index (χ2n) is 3.65. The zero-order chi connectivity index (χ0) is 12.8. The van der Waals surface area contributed by atoms with Crippen LogP contribution in [0.5, 0.6) is 0 Å². The van der Waals surface area contributed by atoms with Gasteiger partial charge < -0.3 is 9.84 Å². The Kier molecular flexibility index (Phi) is 5.58. The number of aromatic nitrogens is 2. The molecule has 0 aromatic carbocycles. The van der Waals surface area contributed by atoms with Gasteiger partial charge in [0.05, 0.1) is 19.3 Å². The predicted octanol–water partition coefficient (Wildman–Crippen LogP) is 2.58. The molecule has 0 fully saturated rings. The van der Waals surface area contributed by atoms with E-state index in [1.165, 1.54) is 16.6 Å². The van der Waals surface area contributed by atoms with Crippen LogP contribution in [0, 0.1) is 6.92 Å². The first-order valence-electron chi connectivity index (χ1n) is 5.45. The van der Waals surface area contributed by atoms with Crippen molar-refractivity contribution in [3.8, 4) is 0 Å². The van der Waals surface area contributed by atoms with Crippen LogP contribution in [-0.2, 0) is 11.3 Å². The molecule has 0 aliphatic carbocycles. The van der Waals surface area contributed by atoms with E-state index in [2.05, 4.69) is 10.2 Å². The van der Waals surface area contributed by atoms with Crippen molar-refractivity contribution in [2.24, 2.45) is 0 Å². The minimum absolute atomic E-state index is 0.350. The molecule has 2 aromatic rings. The monoisotopic (exact) mass is 302 g/mol. The van der Waals surface area contributed by atoms with Crippen molar-refractivity contribution in [3.05, 3.63) is 27.4 Å². The van der Waals surface area contributed by atoms with Crippen LogP contribution in [0.4, 0.5) is 0 Å². The molecule has 98 valence electrons. The van der Waals surface area contributed by atoms with Gasteiger partial charge in [0.2, 0.25) is 0 Å². The molecule has 2 heterocycles. The molecule has 1 atom stereocenters. The molecule has 1 unspecified atom stereocenters. The highest BCUT2D eigenvalue weighted by Gasteiger charge is 2.08. The Labute approximate surface area is 118 Å². The minimum Gasteiger partial charge on any atom is -0.390 e. The smallest absolute Gasteiger partial charge is 0.174 e. The lowest BCUT2D eigenvalue weighted by molar-refractivity contribution is 0.0409. The number of ether oxygens (including phenoxy) is 1. The molecule has 1 N–H and O–H groups in total. The predicted molar refractivity (Wildman–Crippen MR) is 75.4 cm³/mol. The van der Waals surface area contributed by atoms with Crippen LogP contribution in [0.2, 0.25) is 0 Å². The van der Waals surface area contributed by atoms with Crippen molar-refractivity contribution < 1.29 is 9.84 Å². The third kappa shape index (κ3) is 4.66. The van der Waals surface area contributed by atoms with E-state index in [0.29, 0.717) is 19.0 Å². The topological polar surface area (TPSA) is 55.2 Å². The third-order valence-corrected chi connectivity index (χ3v) is 5.01. The van der Waals surface area contributed by atoms with Crippen LogP contribution in [0.25, 0.3) is 0 Å². The Morgan fingerprint density at radius 3 is 3.06 bits per heavy atom. The molecule has 0 spiro atoms. The van der Waals surface area contributed by atoms with Crippen LogP contribution < -0.4 is 0 Å². The van der Waals surface area contributed by atoms with E-state index in [9.17, 15) is 5.11 Å². The van der Waals surface area contributed by atoms with Crippen molar-refractivity contribution in [1.29, 1.82) is 0 Å². The van der Waals surface area contributed by atoms with Gasteiger partial charge in [-0.25, -0.2) is 0 Å². The Bertz CT molecular complexity index is 459. The van der Waals surface area contributed by atoms with Crippen molar-refractivity contribution >= 4 is 34.4 Å². The average molecular weight is 302 g/mol. The van der Waals surface area contributed by atoms with E-state index in [4.69, 9.17) is 4.74 Å². The molecule has 0 aliphatic heterocycles. The van der Waals surface area contributed by atoms with Gasteiger partial charge >= 0.3 is 0 Å². The maximum absolute atomic E-state index is 9.76. The summed E-state index contributed by atoms with van der Waals surface area (Å²) in [6.45, 7) is 2.84. The van der Waals surface area contributed by atoms with E-state index >= 15 is 0 Å². The SMILES string of the molecule is Cc1nnc(SCC(O)COCc2cccs2)s1. The maximum Gasteiger partial charge on any atom is 0.174 e. The quantitative estimate of drug-likeness (QED) is 0.797. The molecule has 0 saturated heterocycles. The second-order valence-corrected chi connectivity index (χ2v) is 7.13. The van der Waals surface area contributed by atoms with Gasteiger partial charge in [0.1, 0.15) is 5.01 Å². The molecule has 0 amide bonds. The number of nitrogens with zero attached hydrogens (tertiary/aromatic N) is 2. The summed E-state index contributed by atoms with van der Waals surface area (Å²) < 4.78 is 6.34. The van der Waals surface area contributed by atoms with Gasteiger partial charge in [-0.05, 0) is 18.4 Å². The van der Waals surface area contributed by atoms with Gasteiger partial charge in [-0.1, -0.05) is 29.2 Å². The van der Waals surface area contributed by atoms with E-state index in [0.717, 1.165) is 9.35 Å². The summed E-state index contributed by atoms with van der Waals surface area (Å²) >= 11 is 4.72. The van der Waals surface area contributed by atoms with Crippen molar-refractivity contribution in [3.63, 3.8) is 0 Å². The number of aliphatic hydroxyl groups is 1. The molecule has 18 heavy (non-hydrogen) atoms. The second kappa shape index (κ2) is 7.20. The number of hydrogen-bond donors (Lipinski definition) is 1. The normalized spacial score (nSPS) is 12.8. The van der Waals surface area contributed by atoms with Crippen molar-refractivity contribution in [1.82, 2.24) is 10.2 Å². The number of thiophene rings is 1. The number of thioether (sulfide) groups is 1. The van der Waals surface area contributed by atoms with E-state index in [1.807, 2.05) is 24.4 Å². The van der Waals surface area contributed by atoms with Crippen molar-refractivity contribution in [2.75, 3.05) is 12.4 Å². The highest BCUT2D eigenvalue weighted by Crippen LogP contribution is 2.22. The summed E-state index contributed by atoms with van der Waals surface area (Å²) in [7, 11) is 0. The van der Waals surface area contributed by atoms with E-state index < -0.39 is 6.10 Å². The summed E-state index contributed by atoms with van der Waals surface area (Å²) in [4.78, 5) is 1.18. The van der Waals surface area contributed by atoms with Crippen LogP contribution in [0.1, 0.15) is 9.88 Å². The van der Waals surface area contributed by atoms with E-state index in [-0.39, 0.29) is 0 Å². The molecule has 0 radical (unpaired) electrons. The summed E-state index contributed by atoms with van der Waals surface area (Å²) in [6, 6.07) is 4.02. The zero-order valence-electron chi connectivity index (χ0n) is 9.91. The fraction of sp³-hybridized carbons (Fsp3) is 0.455.